The van der Waals surface area contributed by atoms with Crippen molar-refractivity contribution in [3.05, 3.63) is 36.2 Å². The van der Waals surface area contributed by atoms with Crippen LogP contribution in [0.25, 0.3) is 5.78 Å². The van der Waals surface area contributed by atoms with Crippen molar-refractivity contribution >= 4 is 11.7 Å². The molecule has 1 amide bonds. The van der Waals surface area contributed by atoms with Gasteiger partial charge in [0.2, 0.25) is 11.6 Å². The van der Waals surface area contributed by atoms with Crippen LogP contribution in [0.15, 0.2) is 24.7 Å². The van der Waals surface area contributed by atoms with Crippen LogP contribution in [0.2, 0.25) is 0 Å². The van der Waals surface area contributed by atoms with Crippen LogP contribution in [0.3, 0.4) is 0 Å². The molecule has 1 fully saturated rings. The fourth-order valence-corrected chi connectivity index (χ4v) is 2.74. The fourth-order valence-electron chi connectivity index (χ4n) is 2.74. The van der Waals surface area contributed by atoms with Crippen molar-refractivity contribution in [2.45, 2.75) is 12.6 Å². The predicted octanol–water partition coefficient (Wildman–Crippen LogP) is -0.424. The van der Waals surface area contributed by atoms with Gasteiger partial charge < -0.3 is 14.4 Å². The van der Waals surface area contributed by atoms with Gasteiger partial charge in [-0.05, 0) is 11.3 Å². The van der Waals surface area contributed by atoms with Crippen molar-refractivity contribution in [2.75, 3.05) is 33.4 Å². The Hall–Kier alpha value is -2.92. The lowest BCUT2D eigenvalue weighted by atomic mass is 10.2. The number of nitrogens with zero attached hydrogens (tertiary/aromatic N) is 8. The van der Waals surface area contributed by atoms with Gasteiger partial charge >= 0.3 is 0 Å². The zero-order valence-corrected chi connectivity index (χ0v) is 14.2. The fraction of sp³-hybridized carbons (Fsp3) is 0.467. The summed E-state index contributed by atoms with van der Waals surface area (Å²) in [5.41, 5.74) is 0.348. The molecule has 0 radical (unpaired) electrons. The number of rotatable bonds is 5. The zero-order valence-electron chi connectivity index (χ0n) is 14.2. The van der Waals surface area contributed by atoms with E-state index in [9.17, 15) is 4.79 Å². The van der Waals surface area contributed by atoms with Crippen molar-refractivity contribution in [3.8, 4) is 0 Å². The maximum Gasteiger partial charge on any atom is 0.274 e. The predicted molar refractivity (Wildman–Crippen MR) is 87.3 cm³/mol. The number of morpholine rings is 1. The Labute approximate surface area is 148 Å². The third kappa shape index (κ3) is 3.26. The normalized spacial score (nSPS) is 17.7. The molecular formula is C15H18N8O3. The topological polar surface area (TPSA) is 113 Å². The first kappa shape index (κ1) is 16.5. The van der Waals surface area contributed by atoms with E-state index in [1.165, 1.54) is 4.80 Å². The minimum absolute atomic E-state index is 0.171. The van der Waals surface area contributed by atoms with E-state index < -0.39 is 6.10 Å². The van der Waals surface area contributed by atoms with Crippen molar-refractivity contribution in [1.29, 1.82) is 0 Å². The van der Waals surface area contributed by atoms with Crippen molar-refractivity contribution in [3.63, 3.8) is 0 Å². The number of aromatic nitrogens is 7. The first-order valence-electron chi connectivity index (χ1n) is 8.22. The lowest BCUT2D eigenvalue weighted by Crippen LogP contribution is -2.42. The van der Waals surface area contributed by atoms with E-state index in [1.54, 1.807) is 41.1 Å². The number of imidazole rings is 1. The highest BCUT2D eigenvalue weighted by atomic mass is 16.5. The molecule has 3 aromatic heterocycles. The van der Waals surface area contributed by atoms with E-state index in [0.717, 1.165) is 0 Å². The third-order valence-electron chi connectivity index (χ3n) is 4.06. The molecule has 0 spiro atoms. The van der Waals surface area contributed by atoms with Crippen LogP contribution in [-0.4, -0.2) is 78.8 Å². The minimum Gasteiger partial charge on any atom is -0.383 e. The second-order valence-corrected chi connectivity index (χ2v) is 5.80. The van der Waals surface area contributed by atoms with Crippen LogP contribution in [0, 0.1) is 0 Å². The second kappa shape index (κ2) is 7.14. The molecular weight excluding hydrogens is 340 g/mol. The van der Waals surface area contributed by atoms with E-state index in [-0.39, 0.29) is 5.91 Å². The summed E-state index contributed by atoms with van der Waals surface area (Å²) in [5.74, 6) is 0.772. The van der Waals surface area contributed by atoms with Crippen LogP contribution in [-0.2, 0) is 16.0 Å². The molecule has 3 aromatic rings. The van der Waals surface area contributed by atoms with Gasteiger partial charge in [-0.2, -0.15) is 4.80 Å². The smallest absolute Gasteiger partial charge is 0.274 e. The monoisotopic (exact) mass is 358 g/mol. The molecule has 26 heavy (non-hydrogen) atoms. The Bertz CT molecular complexity index is 874. The van der Waals surface area contributed by atoms with Gasteiger partial charge in [0.25, 0.3) is 5.91 Å². The number of hydrogen-bond donors (Lipinski definition) is 0. The Balaban J connectivity index is 1.47. The number of carbonyl (C=O) groups excluding carboxylic acids is 1. The molecule has 1 atom stereocenters. The number of amides is 1. The molecule has 136 valence electrons. The van der Waals surface area contributed by atoms with Gasteiger partial charge in [-0.1, -0.05) is 0 Å². The quantitative estimate of drug-likeness (QED) is 0.604. The Morgan fingerprint density at radius 3 is 3.23 bits per heavy atom. The van der Waals surface area contributed by atoms with Gasteiger partial charge in [-0.15, -0.1) is 10.2 Å². The summed E-state index contributed by atoms with van der Waals surface area (Å²) in [6.07, 6.45) is 4.70. The molecule has 0 aromatic carbocycles. The van der Waals surface area contributed by atoms with E-state index in [0.29, 0.717) is 50.1 Å². The van der Waals surface area contributed by atoms with Crippen molar-refractivity contribution in [2.24, 2.45) is 0 Å². The number of carbonyl (C=O) groups is 1. The molecule has 0 bridgehead atoms. The Kier molecular flexibility index (Phi) is 4.54. The molecule has 1 aliphatic heterocycles. The summed E-state index contributed by atoms with van der Waals surface area (Å²) in [7, 11) is 1.61. The van der Waals surface area contributed by atoms with E-state index in [2.05, 4.69) is 25.4 Å². The standard InChI is InChI=1S/C15H18N8O3/c1-25-7-6-23-19-13(18-20-23)12-10-21(5-8-26-12)14(24)11-9-22-4-2-3-16-15(22)17-11/h2-4,9,12H,5-8,10H2,1H3. The van der Waals surface area contributed by atoms with E-state index in [4.69, 9.17) is 9.47 Å². The first-order valence-corrected chi connectivity index (χ1v) is 8.22. The molecule has 1 aliphatic rings. The van der Waals surface area contributed by atoms with Crippen LogP contribution in [0.5, 0.6) is 0 Å². The Morgan fingerprint density at radius 2 is 2.38 bits per heavy atom. The number of tetrazole rings is 1. The minimum atomic E-state index is -0.417. The zero-order chi connectivity index (χ0) is 17.9. The van der Waals surface area contributed by atoms with E-state index >= 15 is 0 Å². The van der Waals surface area contributed by atoms with Crippen LogP contribution < -0.4 is 0 Å². The average Bonchev–Trinajstić information content (AvgIpc) is 3.32. The molecule has 1 unspecified atom stereocenters. The summed E-state index contributed by atoms with van der Waals surface area (Å²) in [6, 6.07) is 1.78. The molecule has 0 aliphatic carbocycles. The summed E-state index contributed by atoms with van der Waals surface area (Å²) in [5, 5.41) is 12.3. The van der Waals surface area contributed by atoms with Crippen molar-refractivity contribution < 1.29 is 14.3 Å². The maximum absolute atomic E-state index is 12.8. The van der Waals surface area contributed by atoms with Gasteiger partial charge in [0, 0.05) is 32.2 Å². The number of ether oxygens (including phenoxy) is 2. The summed E-state index contributed by atoms with van der Waals surface area (Å²) in [6.45, 7) is 2.22. The Morgan fingerprint density at radius 1 is 1.46 bits per heavy atom. The lowest BCUT2D eigenvalue weighted by Gasteiger charge is -2.30. The molecule has 0 N–H and O–H groups in total. The van der Waals surface area contributed by atoms with Gasteiger partial charge in [-0.3, -0.25) is 9.20 Å². The maximum atomic E-state index is 12.8. The van der Waals surface area contributed by atoms with Crippen LogP contribution in [0.4, 0.5) is 0 Å². The molecule has 4 heterocycles. The number of hydrogen-bond acceptors (Lipinski definition) is 8. The summed E-state index contributed by atoms with van der Waals surface area (Å²) >= 11 is 0. The summed E-state index contributed by atoms with van der Waals surface area (Å²) < 4.78 is 12.4. The molecule has 11 heteroatoms. The van der Waals surface area contributed by atoms with Crippen molar-refractivity contribution in [1.82, 2.24) is 39.5 Å². The largest absolute Gasteiger partial charge is 0.383 e. The molecule has 1 saturated heterocycles. The first-order chi connectivity index (χ1) is 12.7. The van der Waals surface area contributed by atoms with Gasteiger partial charge in [0.05, 0.1) is 26.3 Å². The number of methoxy groups -OCH3 is 1. The highest BCUT2D eigenvalue weighted by Crippen LogP contribution is 2.20. The van der Waals surface area contributed by atoms with Gasteiger partial charge in [-0.25, -0.2) is 9.97 Å². The average molecular weight is 358 g/mol. The van der Waals surface area contributed by atoms with Crippen LogP contribution >= 0.6 is 0 Å². The highest BCUT2D eigenvalue weighted by molar-refractivity contribution is 5.92. The third-order valence-corrected chi connectivity index (χ3v) is 4.06. The summed E-state index contributed by atoms with van der Waals surface area (Å²) in [4.78, 5) is 24.3. The van der Waals surface area contributed by atoms with Gasteiger partial charge in [0.15, 0.2) is 0 Å². The highest BCUT2D eigenvalue weighted by Gasteiger charge is 2.30. The SMILES string of the molecule is COCCn1nnc(C2CN(C(=O)c3cn4cccnc4n3)CCO2)n1. The van der Waals surface area contributed by atoms with Gasteiger partial charge in [0.1, 0.15) is 11.8 Å². The molecule has 11 nitrogen and oxygen atoms in total. The lowest BCUT2D eigenvalue weighted by molar-refractivity contribution is -0.0271. The van der Waals surface area contributed by atoms with E-state index in [1.807, 2.05) is 0 Å². The number of fused-ring (bicyclic) bond motifs is 1. The second-order valence-electron chi connectivity index (χ2n) is 5.80. The van der Waals surface area contributed by atoms with Crippen LogP contribution in [0.1, 0.15) is 22.4 Å². The molecule has 4 rings (SSSR count). The molecule has 0 saturated carbocycles.